The van der Waals surface area contributed by atoms with E-state index in [2.05, 4.69) is 4.98 Å². The SMILES string of the molecule is O=C(c1ccccc1)c1[nH]c2cccc(C(=O)O)c2c1C(=O)O. The second-order valence-corrected chi connectivity index (χ2v) is 4.91. The molecule has 1 aromatic heterocycles. The highest BCUT2D eigenvalue weighted by Gasteiger charge is 2.26. The highest BCUT2D eigenvalue weighted by Crippen LogP contribution is 2.28. The third kappa shape index (κ3) is 2.36. The molecule has 3 rings (SSSR count). The van der Waals surface area contributed by atoms with E-state index in [4.69, 9.17) is 0 Å². The molecule has 0 aliphatic heterocycles. The molecule has 0 fully saturated rings. The van der Waals surface area contributed by atoms with Crippen LogP contribution >= 0.6 is 0 Å². The number of carbonyl (C=O) groups is 3. The summed E-state index contributed by atoms with van der Waals surface area (Å²) in [5.41, 5.74) is -0.0115. The molecule has 0 amide bonds. The molecule has 6 heteroatoms. The Hall–Kier alpha value is -3.41. The van der Waals surface area contributed by atoms with E-state index in [0.29, 0.717) is 11.1 Å². The smallest absolute Gasteiger partial charge is 0.338 e. The van der Waals surface area contributed by atoms with Gasteiger partial charge in [-0.2, -0.15) is 0 Å². The third-order valence-electron chi connectivity index (χ3n) is 3.53. The first-order chi connectivity index (χ1) is 11.0. The first kappa shape index (κ1) is 14.5. The Morgan fingerprint density at radius 3 is 2.13 bits per heavy atom. The quantitative estimate of drug-likeness (QED) is 0.642. The molecule has 0 aliphatic rings. The van der Waals surface area contributed by atoms with Crippen LogP contribution in [0.15, 0.2) is 48.5 Å². The number of carboxylic acid groups (broad SMARTS) is 2. The van der Waals surface area contributed by atoms with Gasteiger partial charge >= 0.3 is 11.9 Å². The maximum absolute atomic E-state index is 12.6. The minimum atomic E-state index is -1.36. The highest BCUT2D eigenvalue weighted by atomic mass is 16.4. The average Bonchev–Trinajstić information content (AvgIpc) is 2.94. The van der Waals surface area contributed by atoms with Crippen LogP contribution in [0.1, 0.15) is 36.8 Å². The van der Waals surface area contributed by atoms with E-state index in [1.165, 1.54) is 18.2 Å². The number of carbonyl (C=O) groups excluding carboxylic acids is 1. The molecule has 0 aliphatic carbocycles. The summed E-state index contributed by atoms with van der Waals surface area (Å²) in [5, 5.41) is 18.8. The zero-order chi connectivity index (χ0) is 16.6. The van der Waals surface area contributed by atoms with E-state index in [1.807, 2.05) is 0 Å². The molecule has 3 N–H and O–H groups in total. The van der Waals surface area contributed by atoms with Gasteiger partial charge in [0.15, 0.2) is 0 Å². The molecule has 2 aromatic carbocycles. The van der Waals surface area contributed by atoms with E-state index in [1.54, 1.807) is 30.3 Å². The molecule has 0 atom stereocenters. The van der Waals surface area contributed by atoms with Crippen LogP contribution in [0.25, 0.3) is 10.9 Å². The molecule has 1 heterocycles. The van der Waals surface area contributed by atoms with Crippen molar-refractivity contribution >= 4 is 28.6 Å². The van der Waals surface area contributed by atoms with Crippen LogP contribution < -0.4 is 0 Å². The Kier molecular flexibility index (Phi) is 3.42. The fourth-order valence-electron chi connectivity index (χ4n) is 2.54. The Bertz CT molecular complexity index is 940. The predicted octanol–water partition coefficient (Wildman–Crippen LogP) is 2.80. The number of rotatable bonds is 4. The summed E-state index contributed by atoms with van der Waals surface area (Å²) in [7, 11) is 0. The number of hydrogen-bond donors (Lipinski definition) is 3. The zero-order valence-corrected chi connectivity index (χ0v) is 11.7. The lowest BCUT2D eigenvalue weighted by atomic mass is 10.0. The summed E-state index contributed by atoms with van der Waals surface area (Å²) < 4.78 is 0. The number of fused-ring (bicyclic) bond motifs is 1. The van der Waals surface area contributed by atoms with Crippen LogP contribution in [0, 0.1) is 0 Å². The van der Waals surface area contributed by atoms with Crippen molar-refractivity contribution in [2.24, 2.45) is 0 Å². The summed E-state index contributed by atoms with van der Waals surface area (Å²) in [4.78, 5) is 38.3. The van der Waals surface area contributed by atoms with Crippen LogP contribution in [0.3, 0.4) is 0 Å². The maximum Gasteiger partial charge on any atom is 0.338 e. The normalized spacial score (nSPS) is 10.6. The van der Waals surface area contributed by atoms with Crippen LogP contribution in [0.5, 0.6) is 0 Å². The number of aromatic amines is 1. The van der Waals surface area contributed by atoms with Crippen LogP contribution in [-0.4, -0.2) is 32.9 Å². The van der Waals surface area contributed by atoms with E-state index < -0.39 is 17.7 Å². The Morgan fingerprint density at radius 1 is 0.826 bits per heavy atom. The van der Waals surface area contributed by atoms with E-state index in [-0.39, 0.29) is 22.2 Å². The van der Waals surface area contributed by atoms with Crippen LogP contribution in [0.4, 0.5) is 0 Å². The van der Waals surface area contributed by atoms with E-state index >= 15 is 0 Å². The van der Waals surface area contributed by atoms with Crippen molar-refractivity contribution in [3.05, 3.63) is 70.9 Å². The Balaban J connectivity index is 2.32. The van der Waals surface area contributed by atoms with Crippen LogP contribution in [0.2, 0.25) is 0 Å². The lowest BCUT2D eigenvalue weighted by Gasteiger charge is -2.01. The van der Waals surface area contributed by atoms with Gasteiger partial charge < -0.3 is 15.2 Å². The van der Waals surface area contributed by atoms with Gasteiger partial charge in [-0.1, -0.05) is 36.4 Å². The second kappa shape index (κ2) is 5.42. The molecular formula is C17H11NO5. The van der Waals surface area contributed by atoms with Gasteiger partial charge in [-0.05, 0) is 12.1 Å². The van der Waals surface area contributed by atoms with Crippen molar-refractivity contribution in [1.82, 2.24) is 4.98 Å². The molecule has 0 saturated carbocycles. The number of hydrogen-bond acceptors (Lipinski definition) is 3. The highest BCUT2D eigenvalue weighted by molar-refractivity contribution is 6.21. The first-order valence-corrected chi connectivity index (χ1v) is 6.71. The lowest BCUT2D eigenvalue weighted by Crippen LogP contribution is -2.09. The standard InChI is InChI=1S/C17H11NO5/c19-15(9-5-2-1-3-6-9)14-13(17(22)23)12-10(16(20)21)7-4-8-11(12)18-14/h1-8,18H,(H,20,21)(H,22,23). The molecular weight excluding hydrogens is 298 g/mol. The summed E-state index contributed by atoms with van der Waals surface area (Å²) in [6, 6.07) is 12.5. The summed E-state index contributed by atoms with van der Waals surface area (Å²) in [6.45, 7) is 0. The molecule has 3 aromatic rings. The molecule has 0 radical (unpaired) electrons. The van der Waals surface area contributed by atoms with Crippen molar-refractivity contribution in [3.63, 3.8) is 0 Å². The zero-order valence-electron chi connectivity index (χ0n) is 11.7. The van der Waals surface area contributed by atoms with E-state index in [0.717, 1.165) is 0 Å². The Morgan fingerprint density at radius 2 is 1.52 bits per heavy atom. The second-order valence-electron chi connectivity index (χ2n) is 4.91. The molecule has 114 valence electrons. The molecule has 0 saturated heterocycles. The van der Waals surface area contributed by atoms with Gasteiger partial charge in [-0.15, -0.1) is 0 Å². The number of aromatic nitrogens is 1. The maximum atomic E-state index is 12.6. The largest absolute Gasteiger partial charge is 0.478 e. The molecule has 0 bridgehead atoms. The monoisotopic (exact) mass is 309 g/mol. The third-order valence-corrected chi connectivity index (χ3v) is 3.53. The van der Waals surface area contributed by atoms with Crippen molar-refractivity contribution in [2.75, 3.05) is 0 Å². The number of benzene rings is 2. The van der Waals surface area contributed by atoms with E-state index in [9.17, 15) is 24.6 Å². The summed E-state index contributed by atoms with van der Waals surface area (Å²) in [5.74, 6) is -3.12. The van der Waals surface area contributed by atoms with Gasteiger partial charge in [0.25, 0.3) is 0 Å². The molecule has 23 heavy (non-hydrogen) atoms. The minimum Gasteiger partial charge on any atom is -0.478 e. The Labute approximate surface area is 130 Å². The number of aromatic carboxylic acids is 2. The van der Waals surface area contributed by atoms with Crippen molar-refractivity contribution in [2.45, 2.75) is 0 Å². The first-order valence-electron chi connectivity index (χ1n) is 6.71. The van der Waals surface area contributed by atoms with Gasteiger partial charge in [0.1, 0.15) is 5.69 Å². The summed E-state index contributed by atoms with van der Waals surface area (Å²) >= 11 is 0. The minimum absolute atomic E-state index is 0.0202. The van der Waals surface area contributed by atoms with Gasteiger partial charge in [0.05, 0.1) is 11.1 Å². The van der Waals surface area contributed by atoms with Crippen molar-refractivity contribution < 1.29 is 24.6 Å². The number of H-pyrrole nitrogens is 1. The van der Waals surface area contributed by atoms with Gasteiger partial charge in [0, 0.05) is 16.5 Å². The number of nitrogens with one attached hydrogen (secondary N) is 1. The fourth-order valence-corrected chi connectivity index (χ4v) is 2.54. The van der Waals surface area contributed by atoms with Crippen LogP contribution in [-0.2, 0) is 0 Å². The van der Waals surface area contributed by atoms with Crippen molar-refractivity contribution in [1.29, 1.82) is 0 Å². The van der Waals surface area contributed by atoms with Gasteiger partial charge in [-0.25, -0.2) is 9.59 Å². The lowest BCUT2D eigenvalue weighted by molar-refractivity contribution is 0.0693. The van der Waals surface area contributed by atoms with Crippen molar-refractivity contribution in [3.8, 4) is 0 Å². The average molecular weight is 309 g/mol. The van der Waals surface area contributed by atoms with Gasteiger partial charge in [0.2, 0.25) is 5.78 Å². The summed E-state index contributed by atoms with van der Waals surface area (Å²) in [6.07, 6.45) is 0. The predicted molar refractivity (Wildman–Crippen MR) is 82.1 cm³/mol. The topological polar surface area (TPSA) is 107 Å². The number of ketones is 1. The number of carboxylic acids is 2. The molecule has 6 nitrogen and oxygen atoms in total. The fraction of sp³-hybridized carbons (Fsp3) is 0. The molecule has 0 unspecified atom stereocenters. The molecule has 0 spiro atoms. The van der Waals surface area contributed by atoms with Gasteiger partial charge in [-0.3, -0.25) is 4.79 Å².